The molecule has 168 valence electrons. The topological polar surface area (TPSA) is 88.0 Å². The van der Waals surface area contributed by atoms with Gasteiger partial charge in [-0.05, 0) is 30.9 Å². The summed E-state index contributed by atoms with van der Waals surface area (Å²) in [6.07, 6.45) is -0.401. The molecule has 0 aliphatic carbocycles. The summed E-state index contributed by atoms with van der Waals surface area (Å²) >= 11 is 0. The Morgan fingerprint density at radius 2 is 1.75 bits per heavy atom. The monoisotopic (exact) mass is 437 g/mol. The zero-order valence-electron chi connectivity index (χ0n) is 18.4. The van der Waals surface area contributed by atoms with Crippen LogP contribution in [0.2, 0.25) is 0 Å². The molecule has 2 unspecified atom stereocenters. The Morgan fingerprint density at radius 1 is 1.06 bits per heavy atom. The van der Waals surface area contributed by atoms with Crippen molar-refractivity contribution in [2.45, 2.75) is 26.3 Å². The molecular formula is C23H27N5O4. The summed E-state index contributed by atoms with van der Waals surface area (Å²) in [7, 11) is 1.98. The molecule has 1 aromatic carbocycles. The average Bonchev–Trinajstić information content (AvgIpc) is 3.49. The van der Waals surface area contributed by atoms with Crippen molar-refractivity contribution in [2.75, 3.05) is 26.2 Å². The lowest BCUT2D eigenvalue weighted by atomic mass is 10.0. The molecule has 3 aliphatic rings. The highest BCUT2D eigenvalue weighted by molar-refractivity contribution is 6.01. The standard InChI is InChI=1S/C23H27N5O4/c1-15-4-3-5-16(8-15)20-9-19(25(2)24-20)14-26-10-17-12-27(13-18(17)11-26)23(31)32-28-21(29)6-7-22(28)30/h3-5,8-9,17-18H,6-7,10-14H2,1-2H3. The summed E-state index contributed by atoms with van der Waals surface area (Å²) in [6.45, 7) is 5.83. The molecule has 9 nitrogen and oxygen atoms in total. The molecule has 3 aliphatic heterocycles. The van der Waals surface area contributed by atoms with Crippen LogP contribution in [0, 0.1) is 18.8 Å². The second-order valence-electron chi connectivity index (χ2n) is 9.07. The minimum atomic E-state index is -0.607. The van der Waals surface area contributed by atoms with E-state index >= 15 is 0 Å². The maximum Gasteiger partial charge on any atom is 0.434 e. The number of amides is 3. The zero-order valence-corrected chi connectivity index (χ0v) is 18.4. The van der Waals surface area contributed by atoms with Crippen LogP contribution in [-0.2, 0) is 28.0 Å². The number of imide groups is 1. The maximum absolute atomic E-state index is 12.4. The average molecular weight is 438 g/mol. The summed E-state index contributed by atoms with van der Waals surface area (Å²) in [4.78, 5) is 44.9. The van der Waals surface area contributed by atoms with Crippen LogP contribution in [0.15, 0.2) is 30.3 Å². The number of benzene rings is 1. The van der Waals surface area contributed by atoms with E-state index in [1.807, 2.05) is 17.8 Å². The van der Waals surface area contributed by atoms with E-state index in [0.29, 0.717) is 30.0 Å². The first-order valence-corrected chi connectivity index (χ1v) is 11.0. The first-order chi connectivity index (χ1) is 15.4. The number of nitrogens with zero attached hydrogens (tertiary/aromatic N) is 5. The summed E-state index contributed by atoms with van der Waals surface area (Å²) in [5, 5.41) is 5.32. The third kappa shape index (κ3) is 3.88. The number of fused-ring (bicyclic) bond motifs is 1. The van der Waals surface area contributed by atoms with Gasteiger partial charge in [0.15, 0.2) is 0 Å². The Morgan fingerprint density at radius 3 is 2.41 bits per heavy atom. The van der Waals surface area contributed by atoms with Crippen molar-refractivity contribution < 1.29 is 19.2 Å². The van der Waals surface area contributed by atoms with Gasteiger partial charge in [-0.2, -0.15) is 5.10 Å². The predicted octanol–water partition coefficient (Wildman–Crippen LogP) is 1.96. The molecule has 1 aromatic heterocycles. The zero-order chi connectivity index (χ0) is 22.4. The van der Waals surface area contributed by atoms with E-state index in [1.54, 1.807) is 4.90 Å². The third-order valence-electron chi connectivity index (χ3n) is 6.67. The Balaban J connectivity index is 1.17. The Bertz CT molecular complexity index is 1050. The molecule has 0 bridgehead atoms. The molecule has 0 N–H and O–H groups in total. The number of aromatic nitrogens is 2. The lowest BCUT2D eigenvalue weighted by Gasteiger charge is -2.22. The van der Waals surface area contributed by atoms with Crippen LogP contribution in [0.1, 0.15) is 24.1 Å². The van der Waals surface area contributed by atoms with Crippen molar-refractivity contribution in [1.82, 2.24) is 24.6 Å². The van der Waals surface area contributed by atoms with Gasteiger partial charge in [0, 0.05) is 58.2 Å². The Hall–Kier alpha value is -3.20. The first-order valence-electron chi connectivity index (χ1n) is 11.0. The Labute approximate surface area is 186 Å². The highest BCUT2D eigenvalue weighted by atomic mass is 16.7. The molecule has 4 heterocycles. The van der Waals surface area contributed by atoms with E-state index < -0.39 is 17.9 Å². The highest BCUT2D eigenvalue weighted by Gasteiger charge is 2.43. The molecule has 5 rings (SSSR count). The van der Waals surface area contributed by atoms with Crippen LogP contribution in [0.5, 0.6) is 0 Å². The third-order valence-corrected chi connectivity index (χ3v) is 6.67. The van der Waals surface area contributed by atoms with Crippen LogP contribution in [-0.4, -0.2) is 68.7 Å². The summed E-state index contributed by atoms with van der Waals surface area (Å²) in [6, 6.07) is 10.5. The molecular weight excluding hydrogens is 410 g/mol. The summed E-state index contributed by atoms with van der Waals surface area (Å²) in [5.74, 6) is -0.181. The minimum Gasteiger partial charge on any atom is -0.311 e. The number of hydrogen-bond donors (Lipinski definition) is 0. The van der Waals surface area contributed by atoms with Gasteiger partial charge in [0.1, 0.15) is 0 Å². The molecule has 0 saturated carbocycles. The van der Waals surface area contributed by atoms with Crippen molar-refractivity contribution in [3.8, 4) is 11.3 Å². The molecule has 32 heavy (non-hydrogen) atoms. The van der Waals surface area contributed by atoms with Crippen LogP contribution in [0.3, 0.4) is 0 Å². The lowest BCUT2D eigenvalue weighted by Crippen LogP contribution is -2.40. The SMILES string of the molecule is Cc1cccc(-c2cc(CN3CC4CN(C(=O)ON5C(=O)CCC5=O)CC4C3)n(C)n2)c1. The number of likely N-dealkylation sites (tertiary alicyclic amines) is 2. The van der Waals surface area contributed by atoms with Crippen LogP contribution in [0.25, 0.3) is 11.3 Å². The molecule has 0 spiro atoms. The molecule has 0 radical (unpaired) electrons. The number of rotatable bonds is 4. The van der Waals surface area contributed by atoms with Gasteiger partial charge in [-0.25, -0.2) is 4.79 Å². The van der Waals surface area contributed by atoms with Crippen molar-refractivity contribution in [3.63, 3.8) is 0 Å². The van der Waals surface area contributed by atoms with E-state index in [1.165, 1.54) is 5.56 Å². The second-order valence-corrected chi connectivity index (χ2v) is 9.07. The number of hydrogen-bond acceptors (Lipinski definition) is 6. The molecule has 2 atom stereocenters. The Kier molecular flexibility index (Phi) is 5.21. The van der Waals surface area contributed by atoms with Gasteiger partial charge < -0.3 is 9.74 Å². The van der Waals surface area contributed by atoms with E-state index in [-0.39, 0.29) is 12.8 Å². The van der Waals surface area contributed by atoms with Gasteiger partial charge in [-0.3, -0.25) is 19.2 Å². The van der Waals surface area contributed by atoms with E-state index in [4.69, 9.17) is 9.94 Å². The number of hydroxylamine groups is 2. The fourth-order valence-corrected chi connectivity index (χ4v) is 4.99. The van der Waals surface area contributed by atoms with Crippen LogP contribution < -0.4 is 0 Å². The summed E-state index contributed by atoms with van der Waals surface area (Å²) in [5.41, 5.74) is 4.46. The van der Waals surface area contributed by atoms with Gasteiger partial charge in [0.05, 0.1) is 11.4 Å². The predicted molar refractivity (Wildman–Crippen MR) is 115 cm³/mol. The van der Waals surface area contributed by atoms with Gasteiger partial charge in [0.25, 0.3) is 11.8 Å². The molecule has 3 fully saturated rings. The molecule has 3 saturated heterocycles. The van der Waals surface area contributed by atoms with Crippen LogP contribution >= 0.6 is 0 Å². The van der Waals surface area contributed by atoms with Crippen molar-refractivity contribution >= 4 is 17.9 Å². The fraction of sp³-hybridized carbons (Fsp3) is 0.478. The highest BCUT2D eigenvalue weighted by Crippen LogP contribution is 2.33. The van der Waals surface area contributed by atoms with E-state index in [0.717, 1.165) is 36.6 Å². The smallest absolute Gasteiger partial charge is 0.311 e. The van der Waals surface area contributed by atoms with Crippen molar-refractivity contribution in [3.05, 3.63) is 41.6 Å². The largest absolute Gasteiger partial charge is 0.434 e. The molecule has 9 heteroatoms. The van der Waals surface area contributed by atoms with Gasteiger partial charge >= 0.3 is 6.09 Å². The lowest BCUT2D eigenvalue weighted by molar-refractivity contribution is -0.173. The summed E-state index contributed by atoms with van der Waals surface area (Å²) < 4.78 is 1.94. The van der Waals surface area contributed by atoms with Crippen LogP contribution in [0.4, 0.5) is 4.79 Å². The van der Waals surface area contributed by atoms with Crippen molar-refractivity contribution in [1.29, 1.82) is 0 Å². The van der Waals surface area contributed by atoms with Gasteiger partial charge in [-0.1, -0.05) is 23.8 Å². The maximum atomic E-state index is 12.4. The molecule has 3 amide bonds. The normalized spacial score (nSPS) is 23.3. The van der Waals surface area contributed by atoms with Gasteiger partial charge in [0.2, 0.25) is 0 Å². The number of carbonyl (C=O) groups is 3. The second kappa shape index (κ2) is 8.05. The van der Waals surface area contributed by atoms with Crippen molar-refractivity contribution in [2.24, 2.45) is 18.9 Å². The first kappa shape index (κ1) is 20.7. The minimum absolute atomic E-state index is 0.103. The van der Waals surface area contributed by atoms with E-state index in [9.17, 15) is 14.4 Å². The van der Waals surface area contributed by atoms with Gasteiger partial charge in [-0.15, -0.1) is 5.06 Å². The molecule has 2 aromatic rings. The van der Waals surface area contributed by atoms with E-state index in [2.05, 4.69) is 36.1 Å². The number of carbonyl (C=O) groups excluding carboxylic acids is 3. The fourth-order valence-electron chi connectivity index (χ4n) is 4.99. The quantitative estimate of drug-likeness (QED) is 0.680. The number of aryl methyl sites for hydroxylation is 2.